The zero-order valence-corrected chi connectivity index (χ0v) is 16.7. The molecule has 1 saturated heterocycles. The van der Waals surface area contributed by atoms with Gasteiger partial charge in [0, 0.05) is 23.5 Å². The van der Waals surface area contributed by atoms with Crippen LogP contribution in [0.3, 0.4) is 0 Å². The molecule has 0 radical (unpaired) electrons. The number of halogens is 1. The Morgan fingerprint density at radius 2 is 1.71 bits per heavy atom. The van der Waals surface area contributed by atoms with Crippen LogP contribution in [0.15, 0.2) is 59.5 Å². The van der Waals surface area contributed by atoms with E-state index >= 15 is 0 Å². The number of anilines is 1. The van der Waals surface area contributed by atoms with E-state index in [4.69, 9.17) is 11.6 Å². The first-order chi connectivity index (χ1) is 13.5. The molecule has 0 unspecified atom stereocenters. The minimum atomic E-state index is -3.41. The fraction of sp³-hybridized carbons (Fsp3) is 0.238. The molecule has 1 aliphatic heterocycles. The summed E-state index contributed by atoms with van der Waals surface area (Å²) < 4.78 is 25.8. The average Bonchev–Trinajstić information content (AvgIpc) is 2.73. The van der Waals surface area contributed by atoms with E-state index in [9.17, 15) is 13.2 Å². The number of aromatic nitrogens is 1. The lowest BCUT2D eigenvalue weighted by molar-refractivity contribution is 0.111. The third-order valence-electron chi connectivity index (χ3n) is 5.21. The van der Waals surface area contributed by atoms with Crippen molar-refractivity contribution >= 4 is 44.3 Å². The van der Waals surface area contributed by atoms with Gasteiger partial charge in [-0.05, 0) is 49.2 Å². The van der Waals surface area contributed by atoms with Gasteiger partial charge in [-0.1, -0.05) is 29.8 Å². The van der Waals surface area contributed by atoms with Crippen LogP contribution in [0.5, 0.6) is 0 Å². The van der Waals surface area contributed by atoms with E-state index in [1.54, 1.807) is 24.3 Å². The largest absolute Gasteiger partial charge is 0.370 e. The topological polar surface area (TPSA) is 67.3 Å². The zero-order chi connectivity index (χ0) is 19.7. The van der Waals surface area contributed by atoms with E-state index in [1.165, 1.54) is 0 Å². The van der Waals surface area contributed by atoms with E-state index < -0.39 is 15.1 Å². The Bertz CT molecular complexity index is 1120. The maximum absolute atomic E-state index is 12.9. The number of sulfone groups is 1. The molecule has 1 aromatic heterocycles. The van der Waals surface area contributed by atoms with Crippen LogP contribution in [0, 0.1) is 0 Å². The molecule has 0 bridgehead atoms. The molecule has 0 saturated carbocycles. The second kappa shape index (κ2) is 7.53. The number of para-hydroxylation sites is 1. The fourth-order valence-electron chi connectivity index (χ4n) is 3.68. The van der Waals surface area contributed by atoms with Crippen LogP contribution in [-0.4, -0.2) is 38.0 Å². The van der Waals surface area contributed by atoms with Gasteiger partial charge in [0.1, 0.15) is 5.69 Å². The lowest BCUT2D eigenvalue weighted by Crippen LogP contribution is -2.39. The van der Waals surface area contributed by atoms with Gasteiger partial charge in [0.2, 0.25) is 0 Å². The highest BCUT2D eigenvalue weighted by molar-refractivity contribution is 7.92. The van der Waals surface area contributed by atoms with E-state index in [0.717, 1.165) is 22.9 Å². The number of benzene rings is 2. The minimum absolute atomic E-state index is 0.302. The Morgan fingerprint density at radius 3 is 2.39 bits per heavy atom. The van der Waals surface area contributed by atoms with Crippen molar-refractivity contribution in [2.45, 2.75) is 23.0 Å². The Balaban J connectivity index is 1.56. The Kier molecular flexibility index (Phi) is 5.08. The summed E-state index contributed by atoms with van der Waals surface area (Å²) >= 11 is 5.87. The van der Waals surface area contributed by atoms with Crippen molar-refractivity contribution in [2.75, 3.05) is 18.0 Å². The van der Waals surface area contributed by atoms with E-state index in [-0.39, 0.29) is 0 Å². The SMILES string of the molecule is O=Cc1nc2ccccc2cc1N1CCC(S(=O)(=O)c2ccc(Cl)cc2)CC1. The van der Waals surface area contributed by atoms with Crippen molar-refractivity contribution in [3.63, 3.8) is 0 Å². The lowest BCUT2D eigenvalue weighted by Gasteiger charge is -2.33. The van der Waals surface area contributed by atoms with Crippen molar-refractivity contribution in [3.05, 3.63) is 65.3 Å². The number of pyridine rings is 1. The van der Waals surface area contributed by atoms with Crippen LogP contribution < -0.4 is 4.90 Å². The summed E-state index contributed by atoms with van der Waals surface area (Å²) in [5.74, 6) is 0. The lowest BCUT2D eigenvalue weighted by atomic mass is 10.1. The average molecular weight is 415 g/mol. The molecule has 0 atom stereocenters. The number of carbonyl (C=O) groups excluding carboxylic acids is 1. The smallest absolute Gasteiger partial charge is 0.181 e. The number of hydrogen-bond acceptors (Lipinski definition) is 5. The minimum Gasteiger partial charge on any atom is -0.370 e. The summed E-state index contributed by atoms with van der Waals surface area (Å²) in [5.41, 5.74) is 1.92. The first kappa shape index (κ1) is 18.9. The van der Waals surface area contributed by atoms with Crippen molar-refractivity contribution in [2.24, 2.45) is 0 Å². The molecule has 3 aromatic rings. The van der Waals surface area contributed by atoms with Gasteiger partial charge in [0.25, 0.3) is 0 Å². The molecule has 0 amide bonds. The third-order valence-corrected chi connectivity index (χ3v) is 7.74. The van der Waals surface area contributed by atoms with Gasteiger partial charge in [-0.2, -0.15) is 0 Å². The van der Waals surface area contributed by atoms with Crippen molar-refractivity contribution in [1.29, 1.82) is 0 Å². The molecule has 28 heavy (non-hydrogen) atoms. The number of piperidine rings is 1. The standard InChI is InChI=1S/C21H19ClN2O3S/c22-16-5-7-17(8-6-16)28(26,27)18-9-11-24(12-10-18)21-13-15-3-1-2-4-19(15)23-20(21)14-25/h1-8,13-14,18H,9-12H2. The monoisotopic (exact) mass is 414 g/mol. The number of hydrogen-bond donors (Lipinski definition) is 0. The van der Waals surface area contributed by atoms with Crippen LogP contribution in [-0.2, 0) is 9.84 Å². The zero-order valence-electron chi connectivity index (χ0n) is 15.1. The van der Waals surface area contributed by atoms with Crippen molar-refractivity contribution < 1.29 is 13.2 Å². The van der Waals surface area contributed by atoms with Crippen LogP contribution >= 0.6 is 11.6 Å². The van der Waals surface area contributed by atoms with E-state index in [2.05, 4.69) is 9.88 Å². The molecule has 144 valence electrons. The molecule has 4 rings (SSSR count). The quantitative estimate of drug-likeness (QED) is 0.600. The Morgan fingerprint density at radius 1 is 1.04 bits per heavy atom. The fourth-order valence-corrected chi connectivity index (χ4v) is 5.54. The molecule has 1 fully saturated rings. The first-order valence-electron chi connectivity index (χ1n) is 9.08. The molecule has 7 heteroatoms. The van der Waals surface area contributed by atoms with Crippen LogP contribution in [0.2, 0.25) is 5.02 Å². The highest BCUT2D eigenvalue weighted by atomic mass is 35.5. The van der Waals surface area contributed by atoms with Crippen LogP contribution in [0.25, 0.3) is 10.9 Å². The second-order valence-corrected chi connectivity index (χ2v) is 9.55. The van der Waals surface area contributed by atoms with Gasteiger partial charge in [-0.25, -0.2) is 13.4 Å². The summed E-state index contributed by atoms with van der Waals surface area (Å²) in [7, 11) is -3.41. The van der Waals surface area contributed by atoms with E-state index in [1.807, 2.05) is 30.3 Å². The normalized spacial score (nSPS) is 15.7. The molecule has 2 aromatic carbocycles. The van der Waals surface area contributed by atoms with E-state index in [0.29, 0.717) is 41.5 Å². The van der Waals surface area contributed by atoms with Crippen molar-refractivity contribution in [3.8, 4) is 0 Å². The second-order valence-electron chi connectivity index (χ2n) is 6.89. The highest BCUT2D eigenvalue weighted by Gasteiger charge is 2.32. The van der Waals surface area contributed by atoms with Crippen LogP contribution in [0.1, 0.15) is 23.3 Å². The number of aldehydes is 1. The molecular formula is C21H19ClN2O3S. The number of fused-ring (bicyclic) bond motifs is 1. The summed E-state index contributed by atoms with van der Waals surface area (Å²) in [6.07, 6.45) is 1.75. The Hall–Kier alpha value is -2.44. The van der Waals surface area contributed by atoms with Gasteiger partial charge < -0.3 is 4.90 Å². The van der Waals surface area contributed by atoms with Gasteiger partial charge in [-0.15, -0.1) is 0 Å². The van der Waals surface area contributed by atoms with Gasteiger partial charge in [-0.3, -0.25) is 4.79 Å². The Labute approximate surface area is 168 Å². The number of carbonyl (C=O) groups is 1. The van der Waals surface area contributed by atoms with Gasteiger partial charge >= 0.3 is 0 Å². The van der Waals surface area contributed by atoms with Crippen molar-refractivity contribution in [1.82, 2.24) is 4.98 Å². The van der Waals surface area contributed by atoms with Crippen LogP contribution in [0.4, 0.5) is 5.69 Å². The predicted octanol–water partition coefficient (Wildman–Crippen LogP) is 4.14. The summed E-state index contributed by atoms with van der Waals surface area (Å²) in [5, 5.41) is 1.02. The maximum atomic E-state index is 12.9. The van der Waals surface area contributed by atoms with Gasteiger partial charge in [0.15, 0.2) is 16.1 Å². The maximum Gasteiger partial charge on any atom is 0.181 e. The molecular weight excluding hydrogens is 396 g/mol. The molecule has 2 heterocycles. The molecule has 0 spiro atoms. The number of nitrogens with zero attached hydrogens (tertiary/aromatic N) is 2. The molecule has 5 nitrogen and oxygen atoms in total. The first-order valence-corrected chi connectivity index (χ1v) is 11.0. The molecule has 1 aliphatic rings. The third kappa shape index (κ3) is 3.50. The number of rotatable bonds is 4. The summed E-state index contributed by atoms with van der Waals surface area (Å²) in [6, 6.07) is 15.9. The predicted molar refractivity (Wildman–Crippen MR) is 111 cm³/mol. The summed E-state index contributed by atoms with van der Waals surface area (Å²) in [4.78, 5) is 18.4. The summed E-state index contributed by atoms with van der Waals surface area (Å²) in [6.45, 7) is 1.11. The molecule has 0 N–H and O–H groups in total. The highest BCUT2D eigenvalue weighted by Crippen LogP contribution is 2.30. The van der Waals surface area contributed by atoms with Gasteiger partial charge in [0.05, 0.1) is 21.3 Å². The molecule has 0 aliphatic carbocycles.